The van der Waals surface area contributed by atoms with E-state index in [4.69, 9.17) is 23.2 Å². The lowest BCUT2D eigenvalue weighted by molar-refractivity contribution is 0.186. The molecule has 0 fully saturated rings. The van der Waals surface area contributed by atoms with Gasteiger partial charge in [-0.1, -0.05) is 35.3 Å². The zero-order valence-electron chi connectivity index (χ0n) is 10.2. The van der Waals surface area contributed by atoms with Crippen molar-refractivity contribution in [3.63, 3.8) is 0 Å². The van der Waals surface area contributed by atoms with Gasteiger partial charge in [-0.05, 0) is 18.2 Å². The van der Waals surface area contributed by atoms with Gasteiger partial charge in [0.2, 0.25) is 0 Å². The van der Waals surface area contributed by atoms with Gasteiger partial charge < -0.3 is 10.4 Å². The van der Waals surface area contributed by atoms with E-state index in [9.17, 15) is 13.9 Å². The number of hydrogen-bond donors (Lipinski definition) is 2. The highest BCUT2D eigenvalue weighted by molar-refractivity contribution is 6.39. The Bertz CT molecular complexity index is 602. The number of anilines is 1. The van der Waals surface area contributed by atoms with Crippen LogP contribution in [0.25, 0.3) is 0 Å². The minimum Gasteiger partial charge on any atom is -0.386 e. The number of aliphatic hydroxyl groups is 1. The predicted molar refractivity (Wildman–Crippen MR) is 76.3 cm³/mol. The second-order valence-electron chi connectivity index (χ2n) is 4.16. The molecule has 106 valence electrons. The molecule has 1 atom stereocenters. The second-order valence-corrected chi connectivity index (χ2v) is 4.97. The Labute approximate surface area is 125 Å². The summed E-state index contributed by atoms with van der Waals surface area (Å²) in [7, 11) is 0. The van der Waals surface area contributed by atoms with E-state index < -0.39 is 17.7 Å². The Hall–Kier alpha value is -1.36. The predicted octanol–water partition coefficient (Wildman–Crippen LogP) is 4.42. The highest BCUT2D eigenvalue weighted by atomic mass is 35.5. The maximum absolute atomic E-state index is 13.5. The van der Waals surface area contributed by atoms with Crippen molar-refractivity contribution in [2.24, 2.45) is 0 Å². The molecule has 0 bridgehead atoms. The Balaban J connectivity index is 2.11. The monoisotopic (exact) mass is 317 g/mol. The molecule has 0 heterocycles. The van der Waals surface area contributed by atoms with E-state index in [0.29, 0.717) is 15.7 Å². The first-order chi connectivity index (χ1) is 9.49. The largest absolute Gasteiger partial charge is 0.386 e. The summed E-state index contributed by atoms with van der Waals surface area (Å²) < 4.78 is 26.3. The fourth-order valence-electron chi connectivity index (χ4n) is 1.75. The molecule has 0 aromatic heterocycles. The molecule has 0 saturated heterocycles. The number of hydrogen-bond acceptors (Lipinski definition) is 2. The van der Waals surface area contributed by atoms with Crippen LogP contribution in [-0.4, -0.2) is 11.7 Å². The van der Waals surface area contributed by atoms with E-state index >= 15 is 0 Å². The van der Waals surface area contributed by atoms with E-state index in [1.165, 1.54) is 6.07 Å². The summed E-state index contributed by atoms with van der Waals surface area (Å²) in [6.45, 7) is -0.00793. The molecule has 2 rings (SSSR count). The van der Waals surface area contributed by atoms with Gasteiger partial charge in [0.25, 0.3) is 0 Å². The van der Waals surface area contributed by atoms with E-state index in [-0.39, 0.29) is 12.1 Å². The van der Waals surface area contributed by atoms with Crippen LogP contribution in [0.2, 0.25) is 10.0 Å². The summed E-state index contributed by atoms with van der Waals surface area (Å²) >= 11 is 11.9. The Morgan fingerprint density at radius 3 is 2.35 bits per heavy atom. The zero-order chi connectivity index (χ0) is 14.7. The molecular formula is C14H11Cl2F2NO. The molecule has 0 aliphatic heterocycles. The Kier molecular flexibility index (Phi) is 4.81. The van der Waals surface area contributed by atoms with Crippen molar-refractivity contribution in [3.8, 4) is 0 Å². The van der Waals surface area contributed by atoms with Crippen LogP contribution in [0.15, 0.2) is 36.4 Å². The lowest BCUT2D eigenvalue weighted by Gasteiger charge is -2.15. The van der Waals surface area contributed by atoms with Crippen LogP contribution in [0.1, 0.15) is 11.7 Å². The molecule has 1 unspecified atom stereocenters. The van der Waals surface area contributed by atoms with E-state index in [0.717, 1.165) is 12.1 Å². The van der Waals surface area contributed by atoms with Gasteiger partial charge in [0.05, 0.1) is 21.8 Å². The number of halogens is 4. The lowest BCUT2D eigenvalue weighted by atomic mass is 10.1. The van der Waals surface area contributed by atoms with Crippen LogP contribution in [0.4, 0.5) is 14.5 Å². The van der Waals surface area contributed by atoms with Gasteiger partial charge >= 0.3 is 0 Å². The quantitative estimate of drug-likeness (QED) is 0.875. The first-order valence-electron chi connectivity index (χ1n) is 5.80. The third-order valence-corrected chi connectivity index (χ3v) is 3.39. The molecule has 0 amide bonds. The average molecular weight is 318 g/mol. The number of nitrogens with one attached hydrogen (secondary N) is 1. The van der Waals surface area contributed by atoms with Crippen molar-refractivity contribution < 1.29 is 13.9 Å². The van der Waals surface area contributed by atoms with Gasteiger partial charge in [0.1, 0.15) is 11.6 Å². The third-order valence-electron chi connectivity index (χ3n) is 2.76. The molecule has 2 nitrogen and oxygen atoms in total. The van der Waals surface area contributed by atoms with Gasteiger partial charge in [-0.2, -0.15) is 0 Å². The molecule has 0 aliphatic carbocycles. The smallest absolute Gasteiger partial charge is 0.131 e. The van der Waals surface area contributed by atoms with Crippen LogP contribution in [0, 0.1) is 11.6 Å². The SMILES string of the molecule is OC(CNc1c(Cl)cccc1Cl)c1ccc(F)cc1F. The number of benzene rings is 2. The average Bonchev–Trinajstić information content (AvgIpc) is 2.37. The third kappa shape index (κ3) is 3.39. The van der Waals surface area contributed by atoms with E-state index in [1.807, 2.05) is 0 Å². The van der Waals surface area contributed by atoms with Crippen LogP contribution in [-0.2, 0) is 0 Å². The van der Waals surface area contributed by atoms with Crippen LogP contribution in [0.5, 0.6) is 0 Å². The topological polar surface area (TPSA) is 32.3 Å². The van der Waals surface area contributed by atoms with Crippen LogP contribution in [0.3, 0.4) is 0 Å². The molecule has 6 heteroatoms. The molecule has 20 heavy (non-hydrogen) atoms. The van der Waals surface area contributed by atoms with Crippen molar-refractivity contribution >= 4 is 28.9 Å². The van der Waals surface area contributed by atoms with Crippen LogP contribution >= 0.6 is 23.2 Å². The summed E-state index contributed by atoms with van der Waals surface area (Å²) in [6.07, 6.45) is -1.15. The van der Waals surface area contributed by atoms with Crippen molar-refractivity contribution in [1.29, 1.82) is 0 Å². The molecular weight excluding hydrogens is 307 g/mol. The molecule has 2 aromatic rings. The summed E-state index contributed by atoms with van der Waals surface area (Å²) in [5.41, 5.74) is 0.458. The van der Waals surface area contributed by atoms with Crippen molar-refractivity contribution in [2.45, 2.75) is 6.10 Å². The Morgan fingerprint density at radius 1 is 1.10 bits per heavy atom. The van der Waals surface area contributed by atoms with Gasteiger partial charge in [0.15, 0.2) is 0 Å². The number of rotatable bonds is 4. The number of para-hydroxylation sites is 1. The first-order valence-corrected chi connectivity index (χ1v) is 6.55. The molecule has 2 aromatic carbocycles. The zero-order valence-corrected chi connectivity index (χ0v) is 11.7. The van der Waals surface area contributed by atoms with Crippen molar-refractivity contribution in [3.05, 3.63) is 63.6 Å². The van der Waals surface area contributed by atoms with Gasteiger partial charge in [-0.15, -0.1) is 0 Å². The molecule has 2 N–H and O–H groups in total. The van der Waals surface area contributed by atoms with Crippen molar-refractivity contribution in [2.75, 3.05) is 11.9 Å². The van der Waals surface area contributed by atoms with Crippen molar-refractivity contribution in [1.82, 2.24) is 0 Å². The first kappa shape index (κ1) is 15.0. The normalized spacial score (nSPS) is 12.2. The summed E-state index contributed by atoms with van der Waals surface area (Å²) in [4.78, 5) is 0. The van der Waals surface area contributed by atoms with E-state index in [1.54, 1.807) is 18.2 Å². The molecule has 0 spiro atoms. The maximum atomic E-state index is 13.5. The van der Waals surface area contributed by atoms with Gasteiger partial charge in [-0.25, -0.2) is 8.78 Å². The highest BCUT2D eigenvalue weighted by Crippen LogP contribution is 2.30. The maximum Gasteiger partial charge on any atom is 0.131 e. The summed E-state index contributed by atoms with van der Waals surface area (Å²) in [5, 5.41) is 13.6. The van der Waals surface area contributed by atoms with Gasteiger partial charge in [-0.3, -0.25) is 0 Å². The number of aliphatic hydroxyl groups excluding tert-OH is 1. The summed E-state index contributed by atoms with van der Waals surface area (Å²) in [6, 6.07) is 7.98. The van der Waals surface area contributed by atoms with E-state index in [2.05, 4.69) is 5.32 Å². The molecule has 0 radical (unpaired) electrons. The highest BCUT2D eigenvalue weighted by Gasteiger charge is 2.14. The lowest BCUT2D eigenvalue weighted by Crippen LogP contribution is -2.14. The standard InChI is InChI=1S/C14H11Cl2F2NO/c15-10-2-1-3-11(16)14(10)19-7-13(20)9-5-4-8(17)6-12(9)18/h1-6,13,19-20H,7H2. The Morgan fingerprint density at radius 2 is 1.75 bits per heavy atom. The fourth-order valence-corrected chi connectivity index (χ4v) is 2.28. The van der Waals surface area contributed by atoms with Crippen LogP contribution < -0.4 is 5.32 Å². The van der Waals surface area contributed by atoms with Gasteiger partial charge in [0, 0.05) is 18.2 Å². The minimum absolute atomic E-state index is 0.00192. The fraction of sp³-hybridized carbons (Fsp3) is 0.143. The summed E-state index contributed by atoms with van der Waals surface area (Å²) in [5.74, 6) is -1.50. The minimum atomic E-state index is -1.15. The molecule has 0 aliphatic rings. The molecule has 0 saturated carbocycles. The second kappa shape index (κ2) is 6.39.